The standard InChI is InChI=1S/C16H17N5O2S/c1-20(2)14(22)11-24-16-19-18-15(12-5-3-7-17-9-12)21(16)10-13-6-4-8-23-13/h3-9H,10-11H2,1-2H3. The third-order valence-electron chi connectivity index (χ3n) is 3.35. The Kier molecular flexibility index (Phi) is 4.95. The SMILES string of the molecule is CN(C)C(=O)CSc1nnc(-c2cccnc2)n1Cc1ccco1. The molecule has 3 aromatic heterocycles. The number of pyridine rings is 1. The van der Waals surface area contributed by atoms with Crippen molar-refractivity contribution in [2.24, 2.45) is 0 Å². The van der Waals surface area contributed by atoms with Crippen LogP contribution in [0.2, 0.25) is 0 Å². The summed E-state index contributed by atoms with van der Waals surface area (Å²) in [5.41, 5.74) is 0.863. The van der Waals surface area contributed by atoms with Crippen molar-refractivity contribution in [3.63, 3.8) is 0 Å². The van der Waals surface area contributed by atoms with E-state index in [4.69, 9.17) is 4.42 Å². The number of nitrogens with zero attached hydrogens (tertiary/aromatic N) is 5. The van der Waals surface area contributed by atoms with Gasteiger partial charge in [0.05, 0.1) is 18.6 Å². The zero-order valence-electron chi connectivity index (χ0n) is 13.4. The highest BCUT2D eigenvalue weighted by atomic mass is 32.2. The monoisotopic (exact) mass is 343 g/mol. The van der Waals surface area contributed by atoms with Gasteiger partial charge < -0.3 is 9.32 Å². The molecule has 124 valence electrons. The molecule has 0 saturated heterocycles. The molecule has 8 heteroatoms. The summed E-state index contributed by atoms with van der Waals surface area (Å²) < 4.78 is 7.37. The fourth-order valence-electron chi connectivity index (χ4n) is 2.06. The molecule has 0 aliphatic rings. The van der Waals surface area contributed by atoms with Crippen molar-refractivity contribution < 1.29 is 9.21 Å². The molecule has 0 aliphatic heterocycles. The molecule has 0 fully saturated rings. The topological polar surface area (TPSA) is 77.1 Å². The molecule has 3 aromatic rings. The van der Waals surface area contributed by atoms with Crippen LogP contribution in [0, 0.1) is 0 Å². The minimum Gasteiger partial charge on any atom is -0.467 e. The van der Waals surface area contributed by atoms with E-state index in [0.29, 0.717) is 23.3 Å². The molecule has 0 radical (unpaired) electrons. The first-order valence-corrected chi connectivity index (χ1v) is 8.32. The van der Waals surface area contributed by atoms with Crippen LogP contribution in [0.4, 0.5) is 0 Å². The van der Waals surface area contributed by atoms with Crippen LogP contribution in [0.15, 0.2) is 52.5 Å². The van der Waals surface area contributed by atoms with Crippen molar-refractivity contribution in [3.05, 3.63) is 48.7 Å². The number of hydrogen-bond acceptors (Lipinski definition) is 6. The number of rotatable bonds is 6. The van der Waals surface area contributed by atoms with E-state index < -0.39 is 0 Å². The van der Waals surface area contributed by atoms with Crippen LogP contribution in [0.5, 0.6) is 0 Å². The Hall–Kier alpha value is -2.61. The molecule has 24 heavy (non-hydrogen) atoms. The lowest BCUT2D eigenvalue weighted by Gasteiger charge is -2.11. The van der Waals surface area contributed by atoms with Crippen molar-refractivity contribution in [1.82, 2.24) is 24.6 Å². The normalized spacial score (nSPS) is 10.8. The highest BCUT2D eigenvalue weighted by Crippen LogP contribution is 2.25. The lowest BCUT2D eigenvalue weighted by atomic mass is 10.2. The van der Waals surface area contributed by atoms with Crippen LogP contribution >= 0.6 is 11.8 Å². The van der Waals surface area contributed by atoms with Gasteiger partial charge in [-0.05, 0) is 24.3 Å². The molecule has 1 amide bonds. The molecule has 0 saturated carbocycles. The third kappa shape index (κ3) is 3.65. The van der Waals surface area contributed by atoms with E-state index in [1.807, 2.05) is 28.8 Å². The number of amides is 1. The summed E-state index contributed by atoms with van der Waals surface area (Å²) in [6.07, 6.45) is 5.08. The molecule has 0 spiro atoms. The van der Waals surface area contributed by atoms with Crippen molar-refractivity contribution in [2.75, 3.05) is 19.8 Å². The summed E-state index contributed by atoms with van der Waals surface area (Å²) in [5, 5.41) is 9.18. The average Bonchev–Trinajstić information content (AvgIpc) is 3.24. The van der Waals surface area contributed by atoms with Gasteiger partial charge in [-0.1, -0.05) is 11.8 Å². The second-order valence-corrected chi connectivity index (χ2v) is 6.23. The van der Waals surface area contributed by atoms with Crippen LogP contribution in [-0.2, 0) is 11.3 Å². The lowest BCUT2D eigenvalue weighted by molar-refractivity contribution is -0.125. The van der Waals surface area contributed by atoms with Gasteiger partial charge in [-0.2, -0.15) is 0 Å². The van der Waals surface area contributed by atoms with Crippen LogP contribution < -0.4 is 0 Å². The van der Waals surface area contributed by atoms with Gasteiger partial charge in [-0.25, -0.2) is 0 Å². The fraction of sp³-hybridized carbons (Fsp3) is 0.250. The number of aromatic nitrogens is 4. The smallest absolute Gasteiger partial charge is 0.232 e. The zero-order valence-corrected chi connectivity index (χ0v) is 14.2. The number of carbonyl (C=O) groups excluding carboxylic acids is 1. The average molecular weight is 343 g/mol. The van der Waals surface area contributed by atoms with Crippen molar-refractivity contribution in [3.8, 4) is 11.4 Å². The first-order valence-electron chi connectivity index (χ1n) is 7.34. The predicted molar refractivity (Wildman–Crippen MR) is 90.5 cm³/mol. The van der Waals surface area contributed by atoms with E-state index in [2.05, 4.69) is 15.2 Å². The molecule has 0 bridgehead atoms. The first-order chi connectivity index (χ1) is 11.6. The van der Waals surface area contributed by atoms with Gasteiger partial charge in [0, 0.05) is 32.1 Å². The lowest BCUT2D eigenvalue weighted by Crippen LogP contribution is -2.23. The molecular weight excluding hydrogens is 326 g/mol. The van der Waals surface area contributed by atoms with E-state index >= 15 is 0 Å². The number of hydrogen-bond donors (Lipinski definition) is 0. The van der Waals surface area contributed by atoms with E-state index in [1.165, 1.54) is 11.8 Å². The Labute approximate surface area is 143 Å². The molecule has 7 nitrogen and oxygen atoms in total. The fourth-order valence-corrected chi connectivity index (χ4v) is 2.98. The van der Waals surface area contributed by atoms with Crippen molar-refractivity contribution in [2.45, 2.75) is 11.7 Å². The quantitative estimate of drug-likeness (QED) is 0.638. The highest BCUT2D eigenvalue weighted by Gasteiger charge is 2.17. The summed E-state index contributed by atoms with van der Waals surface area (Å²) in [7, 11) is 3.47. The third-order valence-corrected chi connectivity index (χ3v) is 4.31. The summed E-state index contributed by atoms with van der Waals surface area (Å²) in [6.45, 7) is 0.489. The van der Waals surface area contributed by atoms with Crippen LogP contribution in [0.25, 0.3) is 11.4 Å². The zero-order chi connectivity index (χ0) is 16.9. The Morgan fingerprint density at radius 2 is 2.17 bits per heavy atom. The van der Waals surface area contributed by atoms with Crippen molar-refractivity contribution in [1.29, 1.82) is 0 Å². The summed E-state index contributed by atoms with van der Waals surface area (Å²) in [6, 6.07) is 7.51. The molecule has 0 unspecified atom stereocenters. The number of furan rings is 1. The Bertz CT molecular complexity index is 799. The maximum Gasteiger partial charge on any atom is 0.232 e. The van der Waals surface area contributed by atoms with E-state index in [1.54, 1.807) is 37.7 Å². The minimum absolute atomic E-state index is 0.0236. The molecule has 0 aliphatic carbocycles. The van der Waals surface area contributed by atoms with E-state index in [0.717, 1.165) is 11.3 Å². The Morgan fingerprint density at radius 3 is 2.83 bits per heavy atom. The van der Waals surface area contributed by atoms with Gasteiger partial charge in [0.1, 0.15) is 5.76 Å². The van der Waals surface area contributed by atoms with E-state index in [-0.39, 0.29) is 5.91 Å². The molecule has 0 aromatic carbocycles. The van der Waals surface area contributed by atoms with Gasteiger partial charge in [0.2, 0.25) is 5.91 Å². The maximum atomic E-state index is 11.8. The predicted octanol–water partition coefficient (Wildman–Crippen LogP) is 2.16. The molecule has 0 atom stereocenters. The van der Waals surface area contributed by atoms with Crippen molar-refractivity contribution >= 4 is 17.7 Å². The minimum atomic E-state index is 0.0236. The molecule has 3 heterocycles. The van der Waals surface area contributed by atoms with Gasteiger partial charge in [-0.3, -0.25) is 14.3 Å². The highest BCUT2D eigenvalue weighted by molar-refractivity contribution is 7.99. The van der Waals surface area contributed by atoms with E-state index in [9.17, 15) is 4.79 Å². The summed E-state index contributed by atoms with van der Waals surface area (Å²) in [5.74, 6) is 1.81. The van der Waals surface area contributed by atoms with Gasteiger partial charge in [0.25, 0.3) is 0 Å². The maximum absolute atomic E-state index is 11.8. The summed E-state index contributed by atoms with van der Waals surface area (Å²) in [4.78, 5) is 17.5. The molecule has 3 rings (SSSR count). The largest absolute Gasteiger partial charge is 0.467 e. The Balaban J connectivity index is 1.90. The molecular formula is C16H17N5O2S. The van der Waals surface area contributed by atoms with Gasteiger partial charge in [-0.15, -0.1) is 10.2 Å². The van der Waals surface area contributed by atoms with Crippen LogP contribution in [0.1, 0.15) is 5.76 Å². The van der Waals surface area contributed by atoms with Gasteiger partial charge in [0.15, 0.2) is 11.0 Å². The first kappa shape index (κ1) is 16.3. The molecule has 0 N–H and O–H groups in total. The Morgan fingerprint density at radius 1 is 1.29 bits per heavy atom. The number of thioether (sulfide) groups is 1. The second kappa shape index (κ2) is 7.31. The number of carbonyl (C=O) groups is 1. The second-order valence-electron chi connectivity index (χ2n) is 5.29. The van der Waals surface area contributed by atoms with Crippen LogP contribution in [-0.4, -0.2) is 50.4 Å². The van der Waals surface area contributed by atoms with Gasteiger partial charge >= 0.3 is 0 Å². The van der Waals surface area contributed by atoms with Crippen LogP contribution in [0.3, 0.4) is 0 Å². The summed E-state index contributed by atoms with van der Waals surface area (Å²) >= 11 is 1.36.